The van der Waals surface area contributed by atoms with Gasteiger partial charge in [0, 0.05) is 0 Å². The lowest BCUT2D eigenvalue weighted by Gasteiger charge is -2.02. The van der Waals surface area contributed by atoms with E-state index in [1.165, 1.54) is 6.40 Å². The fourth-order valence-electron chi connectivity index (χ4n) is 0.640. The van der Waals surface area contributed by atoms with Crippen LogP contribution in [-0.2, 0) is 9.53 Å². The van der Waals surface area contributed by atoms with Crippen LogP contribution in [-0.4, -0.2) is 30.1 Å². The summed E-state index contributed by atoms with van der Waals surface area (Å²) in [7, 11) is 0. The molecule has 0 unspecified atom stereocenters. The van der Waals surface area contributed by atoms with Crippen molar-refractivity contribution in [3.63, 3.8) is 0 Å². The summed E-state index contributed by atoms with van der Waals surface area (Å²) in [5.41, 5.74) is 0. The summed E-state index contributed by atoms with van der Waals surface area (Å²) in [5.74, 6) is -0.842. The van der Waals surface area contributed by atoms with Gasteiger partial charge in [-0.1, -0.05) is 0 Å². The lowest BCUT2D eigenvalue weighted by Crippen LogP contribution is -2.15. The molecule has 0 saturated carbocycles. The van der Waals surface area contributed by atoms with E-state index in [9.17, 15) is 4.79 Å². The third-order valence-electron chi connectivity index (χ3n) is 1.04. The molecule has 0 fully saturated rings. The van der Waals surface area contributed by atoms with E-state index in [4.69, 9.17) is 9.84 Å². The smallest absolute Gasteiger partial charge is 0.307 e. The first kappa shape index (κ1) is 6.07. The molecule has 0 amide bonds. The quantitative estimate of drug-likeness (QED) is 0.565. The molecule has 4 heteroatoms. The number of rotatable bonds is 2. The number of aliphatic carboxylic acids is 1. The van der Waals surface area contributed by atoms with Crippen LogP contribution in [0.2, 0.25) is 0 Å². The second-order valence-electron chi connectivity index (χ2n) is 1.83. The van der Waals surface area contributed by atoms with Crippen molar-refractivity contribution in [3.8, 4) is 0 Å². The molecule has 1 heterocycles. The van der Waals surface area contributed by atoms with Crippen molar-refractivity contribution >= 4 is 12.4 Å². The van der Waals surface area contributed by atoms with Gasteiger partial charge in [-0.15, -0.1) is 0 Å². The first-order valence-electron chi connectivity index (χ1n) is 2.64. The summed E-state index contributed by atoms with van der Waals surface area (Å²) in [6, 6.07) is 0. The fraction of sp³-hybridized carbons (Fsp3) is 0.600. The highest BCUT2D eigenvalue weighted by Crippen LogP contribution is 2.02. The average Bonchev–Trinajstić information content (AvgIpc) is 2.15. The van der Waals surface area contributed by atoms with E-state index in [2.05, 4.69) is 4.99 Å². The monoisotopic (exact) mass is 129 g/mol. The average molecular weight is 129 g/mol. The van der Waals surface area contributed by atoms with Crippen molar-refractivity contribution in [2.24, 2.45) is 4.99 Å². The minimum Gasteiger partial charge on any atom is -0.481 e. The maximum absolute atomic E-state index is 10.0. The van der Waals surface area contributed by atoms with E-state index >= 15 is 0 Å². The van der Waals surface area contributed by atoms with Gasteiger partial charge in [0.2, 0.25) is 0 Å². The predicted octanol–water partition coefficient (Wildman–Crippen LogP) is -0.112. The molecule has 1 aliphatic heterocycles. The Morgan fingerprint density at radius 2 is 2.78 bits per heavy atom. The molecular weight excluding hydrogens is 122 g/mol. The minimum absolute atomic E-state index is 0.0417. The lowest BCUT2D eigenvalue weighted by molar-refractivity contribution is -0.138. The summed E-state index contributed by atoms with van der Waals surface area (Å²) in [4.78, 5) is 13.7. The van der Waals surface area contributed by atoms with E-state index in [1.807, 2.05) is 0 Å². The fourth-order valence-corrected chi connectivity index (χ4v) is 0.640. The molecule has 1 N–H and O–H groups in total. The molecule has 1 rings (SSSR count). The third-order valence-corrected chi connectivity index (χ3v) is 1.04. The van der Waals surface area contributed by atoms with Gasteiger partial charge in [-0.05, 0) is 0 Å². The van der Waals surface area contributed by atoms with Gasteiger partial charge in [0.05, 0.1) is 13.0 Å². The van der Waals surface area contributed by atoms with E-state index in [1.54, 1.807) is 0 Å². The number of carboxylic acid groups (broad SMARTS) is 1. The largest absolute Gasteiger partial charge is 0.481 e. The van der Waals surface area contributed by atoms with Gasteiger partial charge >= 0.3 is 5.97 Å². The highest BCUT2D eigenvalue weighted by molar-refractivity contribution is 5.68. The first-order valence-corrected chi connectivity index (χ1v) is 2.64. The Kier molecular flexibility index (Phi) is 1.67. The van der Waals surface area contributed by atoms with Crippen LogP contribution < -0.4 is 0 Å². The van der Waals surface area contributed by atoms with Crippen LogP contribution in [0, 0.1) is 0 Å². The number of ether oxygens (including phenoxy) is 1. The zero-order valence-electron chi connectivity index (χ0n) is 4.78. The van der Waals surface area contributed by atoms with Crippen molar-refractivity contribution in [2.45, 2.75) is 12.5 Å². The van der Waals surface area contributed by atoms with E-state index in [-0.39, 0.29) is 12.5 Å². The highest BCUT2D eigenvalue weighted by Gasteiger charge is 2.15. The Bertz CT molecular complexity index is 135. The molecule has 0 aromatic heterocycles. The number of nitrogens with zero attached hydrogens (tertiary/aromatic N) is 1. The first-order chi connectivity index (χ1) is 4.29. The standard InChI is InChI=1S/C5H7NO3/c7-5(8)1-4-2-6-3-9-4/h3-4H,1-2H2,(H,7,8)/t4-/m0/s1. The van der Waals surface area contributed by atoms with Gasteiger partial charge in [-0.2, -0.15) is 0 Å². The van der Waals surface area contributed by atoms with Crippen LogP contribution >= 0.6 is 0 Å². The maximum Gasteiger partial charge on any atom is 0.307 e. The van der Waals surface area contributed by atoms with Crippen LogP contribution in [0.15, 0.2) is 4.99 Å². The van der Waals surface area contributed by atoms with Crippen molar-refractivity contribution in [1.82, 2.24) is 0 Å². The lowest BCUT2D eigenvalue weighted by atomic mass is 10.3. The van der Waals surface area contributed by atoms with Crippen LogP contribution in [0.5, 0.6) is 0 Å². The summed E-state index contributed by atoms with van der Waals surface area (Å²) in [6.07, 6.45) is 1.11. The topological polar surface area (TPSA) is 58.9 Å². The highest BCUT2D eigenvalue weighted by atomic mass is 16.5. The molecule has 0 spiro atoms. The molecule has 0 radical (unpaired) electrons. The summed E-state index contributed by atoms with van der Waals surface area (Å²) >= 11 is 0. The molecule has 9 heavy (non-hydrogen) atoms. The molecule has 0 aromatic rings. The van der Waals surface area contributed by atoms with Gasteiger partial charge in [0.15, 0.2) is 6.40 Å². The van der Waals surface area contributed by atoms with Gasteiger partial charge in [-0.3, -0.25) is 9.79 Å². The molecule has 0 bridgehead atoms. The summed E-state index contributed by atoms with van der Waals surface area (Å²) in [6.45, 7) is 0.478. The Morgan fingerprint density at radius 3 is 3.22 bits per heavy atom. The van der Waals surface area contributed by atoms with Gasteiger partial charge < -0.3 is 9.84 Å². The molecule has 0 aliphatic carbocycles. The molecule has 4 nitrogen and oxygen atoms in total. The Balaban J connectivity index is 2.22. The van der Waals surface area contributed by atoms with Gasteiger partial charge in [0.1, 0.15) is 6.10 Å². The number of aliphatic imine (C=N–C) groups is 1. The van der Waals surface area contributed by atoms with Crippen LogP contribution in [0.1, 0.15) is 6.42 Å². The Labute approximate surface area is 52.2 Å². The predicted molar refractivity (Wildman–Crippen MR) is 30.5 cm³/mol. The molecule has 0 saturated heterocycles. The van der Waals surface area contributed by atoms with E-state index in [0.717, 1.165) is 0 Å². The van der Waals surface area contributed by atoms with Crippen LogP contribution in [0.25, 0.3) is 0 Å². The molecule has 1 atom stereocenters. The van der Waals surface area contributed by atoms with Crippen molar-refractivity contribution < 1.29 is 14.6 Å². The normalized spacial score (nSPS) is 23.8. The van der Waals surface area contributed by atoms with Crippen molar-refractivity contribution in [1.29, 1.82) is 0 Å². The maximum atomic E-state index is 10.0. The second-order valence-corrected chi connectivity index (χ2v) is 1.83. The number of hydrogen-bond acceptors (Lipinski definition) is 3. The molecule has 0 aromatic carbocycles. The Hall–Kier alpha value is -1.06. The molecular formula is C5H7NO3. The zero-order chi connectivity index (χ0) is 6.69. The molecule has 1 aliphatic rings. The summed E-state index contributed by atoms with van der Waals surface area (Å²) in [5, 5.41) is 8.24. The summed E-state index contributed by atoms with van der Waals surface area (Å²) < 4.78 is 4.79. The minimum atomic E-state index is -0.842. The van der Waals surface area contributed by atoms with Crippen LogP contribution in [0.4, 0.5) is 0 Å². The number of hydrogen-bond donors (Lipinski definition) is 1. The van der Waals surface area contributed by atoms with Crippen molar-refractivity contribution in [2.75, 3.05) is 6.54 Å². The SMILES string of the molecule is O=C(O)C[C@H]1CN=CO1. The zero-order valence-corrected chi connectivity index (χ0v) is 4.78. The van der Waals surface area contributed by atoms with Crippen LogP contribution in [0.3, 0.4) is 0 Å². The third kappa shape index (κ3) is 1.71. The second kappa shape index (κ2) is 2.48. The van der Waals surface area contributed by atoms with Gasteiger partial charge in [0.25, 0.3) is 0 Å². The van der Waals surface area contributed by atoms with Crippen molar-refractivity contribution in [3.05, 3.63) is 0 Å². The number of carbonyl (C=O) groups is 1. The van der Waals surface area contributed by atoms with E-state index in [0.29, 0.717) is 6.54 Å². The molecule has 50 valence electrons. The van der Waals surface area contributed by atoms with E-state index < -0.39 is 5.97 Å². The number of carboxylic acids is 1. The Morgan fingerprint density at radius 1 is 2.00 bits per heavy atom. The van der Waals surface area contributed by atoms with Gasteiger partial charge in [-0.25, -0.2) is 0 Å².